The van der Waals surface area contributed by atoms with E-state index in [0.717, 1.165) is 35.9 Å². The van der Waals surface area contributed by atoms with Gasteiger partial charge in [-0.15, -0.1) is 0 Å². The van der Waals surface area contributed by atoms with Crippen LogP contribution in [0.15, 0.2) is 47.3 Å². The second kappa shape index (κ2) is 11.3. The van der Waals surface area contributed by atoms with Crippen molar-refractivity contribution in [3.8, 4) is 5.88 Å². The van der Waals surface area contributed by atoms with Gasteiger partial charge in [0.2, 0.25) is 21.9 Å². The number of nitrogens with one attached hydrogen (secondary N) is 3. The van der Waals surface area contributed by atoms with E-state index < -0.39 is 10.0 Å². The summed E-state index contributed by atoms with van der Waals surface area (Å²) in [5, 5.41) is 9.84. The minimum Gasteiger partial charge on any atom is -0.479 e. The lowest BCUT2D eigenvalue weighted by Crippen LogP contribution is -2.26. The summed E-state index contributed by atoms with van der Waals surface area (Å²) >= 11 is 3.48. The summed E-state index contributed by atoms with van der Waals surface area (Å²) in [6, 6.07) is 7.55. The van der Waals surface area contributed by atoms with Gasteiger partial charge in [0, 0.05) is 38.2 Å². The SMILES string of the molecule is COc1nc(NC2CCN(C)C2)ccc1Nc1ncc(Br)c(Nc2ccc3nccnc3c2N(C)S(C)(=O)=O)n1. The summed E-state index contributed by atoms with van der Waals surface area (Å²) in [5.74, 6) is 1.80. The maximum Gasteiger partial charge on any atom is 0.239 e. The van der Waals surface area contributed by atoms with E-state index in [9.17, 15) is 8.42 Å². The van der Waals surface area contributed by atoms with Crippen molar-refractivity contribution in [1.82, 2.24) is 29.8 Å². The number of sulfonamides is 1. The van der Waals surface area contributed by atoms with Crippen LogP contribution in [0.1, 0.15) is 6.42 Å². The minimum atomic E-state index is -3.60. The molecule has 4 heterocycles. The van der Waals surface area contributed by atoms with Crippen molar-refractivity contribution in [2.45, 2.75) is 12.5 Å². The number of methoxy groups -OCH3 is 1. The van der Waals surface area contributed by atoms with E-state index in [1.807, 2.05) is 12.1 Å². The zero-order chi connectivity index (χ0) is 28.4. The van der Waals surface area contributed by atoms with Gasteiger partial charge in [-0.2, -0.15) is 9.97 Å². The lowest BCUT2D eigenvalue weighted by molar-refractivity contribution is 0.400. The molecule has 210 valence electrons. The minimum absolute atomic E-state index is 0.280. The lowest BCUT2D eigenvalue weighted by atomic mass is 10.2. The normalized spacial score (nSPS) is 15.7. The van der Waals surface area contributed by atoms with Crippen LogP contribution < -0.4 is 25.0 Å². The maximum absolute atomic E-state index is 12.5. The number of aromatic nitrogens is 5. The summed E-state index contributed by atoms with van der Waals surface area (Å²) in [6.07, 6.45) is 6.84. The zero-order valence-corrected chi connectivity index (χ0v) is 24.8. The Balaban J connectivity index is 1.43. The van der Waals surface area contributed by atoms with Crippen LogP contribution in [0.25, 0.3) is 11.0 Å². The lowest BCUT2D eigenvalue weighted by Gasteiger charge is -2.22. The Kier molecular flexibility index (Phi) is 7.87. The van der Waals surface area contributed by atoms with E-state index in [0.29, 0.717) is 50.3 Å². The van der Waals surface area contributed by atoms with E-state index in [1.54, 1.807) is 31.6 Å². The first-order chi connectivity index (χ1) is 19.1. The van der Waals surface area contributed by atoms with Crippen LogP contribution in [0, 0.1) is 0 Å². The van der Waals surface area contributed by atoms with Gasteiger partial charge >= 0.3 is 0 Å². The monoisotopic (exact) mass is 628 g/mol. The smallest absolute Gasteiger partial charge is 0.239 e. The first-order valence-corrected chi connectivity index (χ1v) is 15.0. The van der Waals surface area contributed by atoms with Crippen LogP contribution in [0.3, 0.4) is 0 Å². The molecule has 0 saturated carbocycles. The van der Waals surface area contributed by atoms with Gasteiger partial charge in [0.25, 0.3) is 0 Å². The number of hydrogen-bond donors (Lipinski definition) is 3. The topological polar surface area (TPSA) is 150 Å². The van der Waals surface area contributed by atoms with Crippen molar-refractivity contribution >= 4 is 71.6 Å². The standard InChI is InChI=1S/C25H29BrN10O3S/c1-35-12-9-15(14-35)30-20-8-7-19(24(33-20)39-3)32-25-29-13-16(26)23(34-25)31-18-6-5-17-21(28-11-10-27-17)22(18)36(2)40(4,37)38/h5-8,10-11,13,15H,9,12,14H2,1-4H3,(H,30,33)(H2,29,31,32,34). The molecule has 1 fully saturated rings. The van der Waals surface area contributed by atoms with Gasteiger partial charge in [0.1, 0.15) is 28.5 Å². The van der Waals surface area contributed by atoms with Gasteiger partial charge in [-0.3, -0.25) is 14.3 Å². The van der Waals surface area contributed by atoms with Crippen molar-refractivity contribution < 1.29 is 13.2 Å². The molecular weight excluding hydrogens is 600 g/mol. The van der Waals surface area contributed by atoms with E-state index >= 15 is 0 Å². The molecule has 1 aromatic carbocycles. The first-order valence-electron chi connectivity index (χ1n) is 12.4. The quantitative estimate of drug-likeness (QED) is 0.248. The average Bonchev–Trinajstić information content (AvgIpc) is 3.34. The van der Waals surface area contributed by atoms with Crippen LogP contribution in [-0.4, -0.2) is 84.8 Å². The number of ether oxygens (including phenoxy) is 1. The highest BCUT2D eigenvalue weighted by Gasteiger charge is 2.22. The average molecular weight is 630 g/mol. The summed E-state index contributed by atoms with van der Waals surface area (Å²) < 4.78 is 32.2. The Bertz CT molecular complexity index is 1660. The number of fused-ring (bicyclic) bond motifs is 1. The van der Waals surface area contributed by atoms with Crippen molar-refractivity contribution in [1.29, 1.82) is 0 Å². The molecule has 1 saturated heterocycles. The molecule has 5 rings (SSSR count). The highest BCUT2D eigenvalue weighted by atomic mass is 79.9. The van der Waals surface area contributed by atoms with E-state index in [1.165, 1.54) is 13.2 Å². The molecule has 15 heteroatoms. The molecule has 0 aliphatic carbocycles. The Morgan fingerprint density at radius 2 is 1.85 bits per heavy atom. The second-order valence-corrected chi connectivity index (χ2v) is 12.3. The fraction of sp³-hybridized carbons (Fsp3) is 0.320. The molecule has 1 aliphatic rings. The fourth-order valence-electron chi connectivity index (χ4n) is 4.40. The second-order valence-electron chi connectivity index (χ2n) is 9.40. The first kappa shape index (κ1) is 27.7. The fourth-order valence-corrected chi connectivity index (χ4v) is 5.21. The molecule has 3 aromatic heterocycles. The maximum atomic E-state index is 12.5. The van der Waals surface area contributed by atoms with Gasteiger partial charge in [-0.05, 0) is 60.2 Å². The van der Waals surface area contributed by atoms with Crippen molar-refractivity contribution in [3.63, 3.8) is 0 Å². The van der Waals surface area contributed by atoms with Crippen molar-refractivity contribution in [2.75, 3.05) is 60.8 Å². The number of pyridine rings is 1. The van der Waals surface area contributed by atoms with Gasteiger partial charge < -0.3 is 25.6 Å². The molecule has 1 atom stereocenters. The summed E-state index contributed by atoms with van der Waals surface area (Å²) in [6.45, 7) is 2.00. The number of likely N-dealkylation sites (N-methyl/N-ethyl adjacent to an activating group) is 1. The number of halogens is 1. The molecule has 40 heavy (non-hydrogen) atoms. The molecule has 0 radical (unpaired) electrons. The third-order valence-corrected chi connectivity index (χ3v) is 8.22. The Morgan fingerprint density at radius 1 is 1.07 bits per heavy atom. The van der Waals surface area contributed by atoms with Gasteiger partial charge in [-0.25, -0.2) is 13.4 Å². The molecule has 0 amide bonds. The largest absolute Gasteiger partial charge is 0.479 e. The predicted molar refractivity (Wildman–Crippen MR) is 159 cm³/mol. The van der Waals surface area contributed by atoms with Crippen LogP contribution in [0.4, 0.5) is 34.6 Å². The number of anilines is 6. The molecule has 13 nitrogen and oxygen atoms in total. The van der Waals surface area contributed by atoms with Gasteiger partial charge in [0.05, 0.1) is 29.0 Å². The number of benzene rings is 1. The molecule has 3 N–H and O–H groups in total. The number of likely N-dealkylation sites (tertiary alicyclic amines) is 1. The molecular formula is C25H29BrN10O3S. The van der Waals surface area contributed by atoms with E-state index in [-0.39, 0.29) is 5.95 Å². The highest BCUT2D eigenvalue weighted by Crippen LogP contribution is 2.37. The van der Waals surface area contributed by atoms with Crippen LogP contribution >= 0.6 is 15.9 Å². The Morgan fingerprint density at radius 3 is 2.58 bits per heavy atom. The van der Waals surface area contributed by atoms with Crippen LogP contribution in [0.5, 0.6) is 5.88 Å². The van der Waals surface area contributed by atoms with E-state index in [4.69, 9.17) is 4.74 Å². The molecule has 4 aromatic rings. The zero-order valence-electron chi connectivity index (χ0n) is 22.4. The summed E-state index contributed by atoms with van der Waals surface area (Å²) in [4.78, 5) is 24.5. The number of nitrogens with zero attached hydrogens (tertiary/aromatic N) is 7. The van der Waals surface area contributed by atoms with Crippen LogP contribution in [-0.2, 0) is 10.0 Å². The number of rotatable bonds is 9. The Labute approximate surface area is 240 Å². The third-order valence-electron chi connectivity index (χ3n) is 6.47. The molecule has 1 unspecified atom stereocenters. The molecule has 0 spiro atoms. The molecule has 0 bridgehead atoms. The summed E-state index contributed by atoms with van der Waals surface area (Å²) in [7, 11) is 1.52. The molecule has 1 aliphatic heterocycles. The predicted octanol–water partition coefficient (Wildman–Crippen LogP) is 3.58. The Hall–Kier alpha value is -3.82. The van der Waals surface area contributed by atoms with Crippen molar-refractivity contribution in [2.24, 2.45) is 0 Å². The summed E-state index contributed by atoms with van der Waals surface area (Å²) in [5.41, 5.74) is 2.38. The van der Waals surface area contributed by atoms with Gasteiger partial charge in [-0.1, -0.05) is 0 Å². The van der Waals surface area contributed by atoms with Gasteiger partial charge in [0.15, 0.2) is 0 Å². The van der Waals surface area contributed by atoms with Crippen molar-refractivity contribution in [3.05, 3.63) is 47.3 Å². The number of hydrogen-bond acceptors (Lipinski definition) is 12. The van der Waals surface area contributed by atoms with Crippen LogP contribution in [0.2, 0.25) is 0 Å². The highest BCUT2D eigenvalue weighted by molar-refractivity contribution is 9.10. The third kappa shape index (κ3) is 6.00. The van der Waals surface area contributed by atoms with E-state index in [2.05, 4.69) is 68.7 Å².